The van der Waals surface area contributed by atoms with Crippen molar-refractivity contribution in [3.8, 4) is 5.75 Å². The van der Waals surface area contributed by atoms with Gasteiger partial charge in [-0.05, 0) is 54.8 Å². The van der Waals surface area contributed by atoms with E-state index in [1.54, 1.807) is 49.6 Å². The number of hydrogen-bond donors (Lipinski definition) is 2. The number of para-hydroxylation sites is 1. The molecule has 0 bridgehead atoms. The van der Waals surface area contributed by atoms with Crippen LogP contribution < -0.4 is 14.8 Å². The molecule has 3 aromatic rings. The lowest BCUT2D eigenvalue weighted by molar-refractivity contribution is 0.0954. The molecule has 6 nitrogen and oxygen atoms in total. The van der Waals surface area contributed by atoms with Gasteiger partial charge in [-0.2, -0.15) is 0 Å². The Kier molecular flexibility index (Phi) is 7.08. The molecule has 0 heterocycles. The van der Waals surface area contributed by atoms with Gasteiger partial charge in [0.1, 0.15) is 5.75 Å². The second-order valence-corrected chi connectivity index (χ2v) is 8.35. The number of carbonyl (C=O) groups is 1. The summed E-state index contributed by atoms with van der Waals surface area (Å²) >= 11 is 0. The highest BCUT2D eigenvalue weighted by Gasteiger charge is 2.18. The van der Waals surface area contributed by atoms with Crippen molar-refractivity contribution in [3.63, 3.8) is 0 Å². The van der Waals surface area contributed by atoms with Crippen molar-refractivity contribution in [2.45, 2.75) is 17.7 Å². The first-order valence-electron chi connectivity index (χ1n) is 9.57. The van der Waals surface area contributed by atoms with E-state index in [9.17, 15) is 13.2 Å². The molecular weight excluding hydrogens is 400 g/mol. The van der Waals surface area contributed by atoms with Crippen LogP contribution in [0.2, 0.25) is 0 Å². The molecule has 30 heavy (non-hydrogen) atoms. The van der Waals surface area contributed by atoms with Crippen molar-refractivity contribution in [1.29, 1.82) is 0 Å². The number of anilines is 1. The molecule has 3 aromatic carbocycles. The van der Waals surface area contributed by atoms with E-state index < -0.39 is 10.0 Å². The third-order valence-electron chi connectivity index (χ3n) is 4.56. The lowest BCUT2D eigenvalue weighted by Crippen LogP contribution is -2.26. The maximum Gasteiger partial charge on any atom is 0.261 e. The average Bonchev–Trinajstić information content (AvgIpc) is 2.77. The van der Waals surface area contributed by atoms with Gasteiger partial charge in [0.05, 0.1) is 23.3 Å². The molecule has 2 N–H and O–H groups in total. The van der Waals surface area contributed by atoms with Crippen LogP contribution in [0.5, 0.6) is 5.75 Å². The minimum Gasteiger partial charge on any atom is -0.497 e. The van der Waals surface area contributed by atoms with Crippen LogP contribution >= 0.6 is 0 Å². The average molecular weight is 425 g/mol. The topological polar surface area (TPSA) is 84.5 Å². The Balaban J connectivity index is 1.60. The van der Waals surface area contributed by atoms with E-state index in [4.69, 9.17) is 4.74 Å². The molecule has 0 aromatic heterocycles. The number of benzene rings is 3. The van der Waals surface area contributed by atoms with Crippen LogP contribution in [-0.4, -0.2) is 28.0 Å². The number of aryl methyl sites for hydroxylation is 1. The van der Waals surface area contributed by atoms with Crippen molar-refractivity contribution in [3.05, 3.63) is 90.0 Å². The van der Waals surface area contributed by atoms with E-state index in [0.717, 1.165) is 24.2 Å². The fraction of sp³-hybridized carbons (Fsp3) is 0.174. The predicted molar refractivity (Wildman–Crippen MR) is 117 cm³/mol. The second kappa shape index (κ2) is 9.93. The first-order chi connectivity index (χ1) is 14.5. The number of carbonyl (C=O) groups excluding carboxylic acids is 1. The smallest absolute Gasteiger partial charge is 0.261 e. The van der Waals surface area contributed by atoms with Crippen molar-refractivity contribution >= 4 is 21.6 Å². The summed E-state index contributed by atoms with van der Waals surface area (Å²) in [7, 11) is -2.15. The Hall–Kier alpha value is -3.32. The number of hydrogen-bond acceptors (Lipinski definition) is 4. The van der Waals surface area contributed by atoms with E-state index >= 15 is 0 Å². The lowest BCUT2D eigenvalue weighted by Gasteiger charge is -2.13. The summed E-state index contributed by atoms with van der Waals surface area (Å²) in [6.45, 7) is 0.477. The summed E-state index contributed by atoms with van der Waals surface area (Å²) in [6, 6.07) is 22.4. The lowest BCUT2D eigenvalue weighted by atomic mass is 10.1. The fourth-order valence-electron chi connectivity index (χ4n) is 2.96. The predicted octanol–water partition coefficient (Wildman–Crippen LogP) is 3.86. The molecule has 0 saturated carbocycles. The van der Waals surface area contributed by atoms with Crippen molar-refractivity contribution in [2.75, 3.05) is 18.4 Å². The fourth-order valence-corrected chi connectivity index (χ4v) is 4.06. The maximum absolute atomic E-state index is 12.6. The molecule has 0 spiro atoms. The molecule has 1 amide bonds. The van der Waals surface area contributed by atoms with E-state index in [1.165, 1.54) is 12.1 Å². The third-order valence-corrected chi connectivity index (χ3v) is 5.94. The zero-order valence-electron chi connectivity index (χ0n) is 16.7. The van der Waals surface area contributed by atoms with Crippen LogP contribution in [0, 0.1) is 0 Å². The van der Waals surface area contributed by atoms with Crippen molar-refractivity contribution in [1.82, 2.24) is 5.32 Å². The van der Waals surface area contributed by atoms with E-state index in [0.29, 0.717) is 6.54 Å². The summed E-state index contributed by atoms with van der Waals surface area (Å²) < 4.78 is 32.8. The second-order valence-electron chi connectivity index (χ2n) is 6.67. The molecule has 0 atom stereocenters. The largest absolute Gasteiger partial charge is 0.497 e. The Morgan fingerprint density at radius 2 is 1.57 bits per heavy atom. The molecule has 156 valence electrons. The highest BCUT2D eigenvalue weighted by molar-refractivity contribution is 7.92. The minimum atomic E-state index is -3.78. The van der Waals surface area contributed by atoms with Gasteiger partial charge in [-0.1, -0.05) is 42.5 Å². The SMILES string of the molecule is COc1ccc(CCCNC(=O)c2ccccc2NS(=O)(=O)c2ccccc2)cc1. The van der Waals surface area contributed by atoms with Crippen LogP contribution in [0.4, 0.5) is 5.69 Å². The zero-order chi connectivity index (χ0) is 21.4. The Morgan fingerprint density at radius 1 is 0.900 bits per heavy atom. The summed E-state index contributed by atoms with van der Waals surface area (Å²) in [5.41, 5.74) is 1.68. The number of nitrogens with one attached hydrogen (secondary N) is 2. The first kappa shape index (κ1) is 21.4. The molecule has 0 unspecified atom stereocenters. The van der Waals surface area contributed by atoms with Gasteiger partial charge < -0.3 is 10.1 Å². The van der Waals surface area contributed by atoms with Crippen LogP contribution in [0.3, 0.4) is 0 Å². The molecule has 0 saturated heterocycles. The summed E-state index contributed by atoms with van der Waals surface area (Å²) in [5.74, 6) is 0.484. The van der Waals surface area contributed by atoms with Gasteiger partial charge in [-0.15, -0.1) is 0 Å². The highest BCUT2D eigenvalue weighted by Crippen LogP contribution is 2.20. The Morgan fingerprint density at radius 3 is 2.27 bits per heavy atom. The van der Waals surface area contributed by atoms with Gasteiger partial charge >= 0.3 is 0 Å². The minimum absolute atomic E-state index is 0.139. The highest BCUT2D eigenvalue weighted by atomic mass is 32.2. The van der Waals surface area contributed by atoms with Gasteiger partial charge in [0.15, 0.2) is 0 Å². The van der Waals surface area contributed by atoms with E-state index in [-0.39, 0.29) is 22.1 Å². The summed E-state index contributed by atoms with van der Waals surface area (Å²) in [5, 5.41) is 2.86. The van der Waals surface area contributed by atoms with Gasteiger partial charge in [-0.25, -0.2) is 8.42 Å². The number of amides is 1. The monoisotopic (exact) mass is 424 g/mol. The molecule has 0 radical (unpaired) electrons. The molecule has 0 fully saturated rings. The van der Waals surface area contributed by atoms with Crippen LogP contribution in [0.15, 0.2) is 83.8 Å². The Labute approximate surface area is 177 Å². The molecule has 0 aliphatic carbocycles. The van der Waals surface area contributed by atoms with Crippen LogP contribution in [-0.2, 0) is 16.4 Å². The third kappa shape index (κ3) is 5.61. The molecular formula is C23H24N2O4S. The van der Waals surface area contributed by atoms with E-state index in [1.807, 2.05) is 24.3 Å². The van der Waals surface area contributed by atoms with Gasteiger partial charge in [0, 0.05) is 6.54 Å². The Bertz CT molecular complexity index is 1080. The van der Waals surface area contributed by atoms with Crippen molar-refractivity contribution in [2.24, 2.45) is 0 Å². The summed E-state index contributed by atoms with van der Waals surface area (Å²) in [6.07, 6.45) is 1.57. The quantitative estimate of drug-likeness (QED) is 0.511. The molecule has 0 aliphatic heterocycles. The number of ether oxygens (including phenoxy) is 1. The zero-order valence-corrected chi connectivity index (χ0v) is 17.5. The standard InChI is InChI=1S/C23H24N2O4S/c1-29-19-15-13-18(14-16-19)8-7-17-24-23(26)21-11-5-6-12-22(21)25-30(27,28)20-9-3-2-4-10-20/h2-6,9-16,25H,7-8,17H2,1H3,(H,24,26). The number of rotatable bonds is 9. The number of methoxy groups -OCH3 is 1. The van der Waals surface area contributed by atoms with Crippen LogP contribution in [0.25, 0.3) is 0 Å². The molecule has 3 rings (SSSR count). The first-order valence-corrected chi connectivity index (χ1v) is 11.1. The van der Waals surface area contributed by atoms with Crippen LogP contribution in [0.1, 0.15) is 22.3 Å². The molecule has 0 aliphatic rings. The normalized spacial score (nSPS) is 11.0. The number of sulfonamides is 1. The van der Waals surface area contributed by atoms with Crippen molar-refractivity contribution < 1.29 is 17.9 Å². The summed E-state index contributed by atoms with van der Waals surface area (Å²) in [4.78, 5) is 12.8. The molecule has 7 heteroatoms. The van der Waals surface area contributed by atoms with Gasteiger partial charge in [0.25, 0.3) is 15.9 Å². The van der Waals surface area contributed by atoms with Gasteiger partial charge in [0.2, 0.25) is 0 Å². The van der Waals surface area contributed by atoms with E-state index in [2.05, 4.69) is 10.0 Å². The maximum atomic E-state index is 12.6. The van der Waals surface area contributed by atoms with Gasteiger partial charge in [-0.3, -0.25) is 9.52 Å².